The lowest BCUT2D eigenvalue weighted by Gasteiger charge is -2.28. The lowest BCUT2D eigenvalue weighted by molar-refractivity contribution is -0.123. The molecule has 11 nitrogen and oxygen atoms in total. The summed E-state index contributed by atoms with van der Waals surface area (Å²) in [5.41, 5.74) is 3.64. The molecule has 2 N–H and O–H groups in total. The third-order valence-electron chi connectivity index (χ3n) is 5.60. The fourth-order valence-corrected chi connectivity index (χ4v) is 3.81. The van der Waals surface area contributed by atoms with Gasteiger partial charge in [-0.2, -0.15) is 0 Å². The normalized spacial score (nSPS) is 14.8. The van der Waals surface area contributed by atoms with Crippen molar-refractivity contribution in [1.82, 2.24) is 15.4 Å². The van der Waals surface area contributed by atoms with Crippen molar-refractivity contribution in [2.75, 3.05) is 17.3 Å². The van der Waals surface area contributed by atoms with Gasteiger partial charge in [-0.05, 0) is 60.7 Å². The summed E-state index contributed by atoms with van der Waals surface area (Å²) in [6.07, 6.45) is 2.49. The summed E-state index contributed by atoms with van der Waals surface area (Å²) in [5, 5.41) is 3.49. The van der Waals surface area contributed by atoms with Crippen molar-refractivity contribution >= 4 is 40.9 Å². The van der Waals surface area contributed by atoms with E-state index in [1.54, 1.807) is 24.3 Å². The smallest absolute Gasteiger partial charge is 0.273 e. The van der Waals surface area contributed by atoms with Crippen LogP contribution in [0.1, 0.15) is 34.1 Å². The molecular weight excluding hydrogens is 478 g/mol. The van der Waals surface area contributed by atoms with Crippen LogP contribution in [0.5, 0.6) is 5.75 Å². The minimum atomic E-state index is -1.29. The second-order valence-corrected chi connectivity index (χ2v) is 8.10. The maximum Gasteiger partial charge on any atom is 0.273 e. The van der Waals surface area contributed by atoms with Crippen LogP contribution in [0.4, 0.5) is 11.4 Å². The van der Waals surface area contributed by atoms with E-state index in [2.05, 4.69) is 15.7 Å². The van der Waals surface area contributed by atoms with Crippen molar-refractivity contribution < 1.29 is 28.7 Å². The molecule has 1 fully saturated rings. The molecule has 1 unspecified atom stereocenters. The van der Waals surface area contributed by atoms with Crippen molar-refractivity contribution in [2.45, 2.75) is 19.4 Å². The topological polar surface area (TPSA) is 138 Å². The molecule has 0 aliphatic carbocycles. The number of imide groups is 1. The van der Waals surface area contributed by atoms with Crippen LogP contribution in [-0.4, -0.2) is 52.7 Å². The average molecular weight is 501 g/mol. The van der Waals surface area contributed by atoms with Crippen LogP contribution in [0.3, 0.4) is 0 Å². The van der Waals surface area contributed by atoms with E-state index in [0.29, 0.717) is 11.4 Å². The Bertz CT molecular complexity index is 1340. The van der Waals surface area contributed by atoms with Crippen molar-refractivity contribution in [2.24, 2.45) is 0 Å². The number of rotatable bonds is 6. The Kier molecular flexibility index (Phi) is 7.23. The highest BCUT2D eigenvalue weighted by Crippen LogP contribution is 2.27. The van der Waals surface area contributed by atoms with Gasteiger partial charge >= 0.3 is 0 Å². The number of nitrogens with zero attached hydrogens (tertiary/aromatic N) is 3. The van der Waals surface area contributed by atoms with Crippen LogP contribution in [-0.2, 0) is 14.4 Å². The summed E-state index contributed by atoms with van der Waals surface area (Å²) < 4.78 is 5.13. The first-order chi connectivity index (χ1) is 17.8. The van der Waals surface area contributed by atoms with Gasteiger partial charge in [0.05, 0.1) is 19.2 Å². The van der Waals surface area contributed by atoms with E-state index in [4.69, 9.17) is 4.74 Å². The van der Waals surface area contributed by atoms with E-state index in [9.17, 15) is 24.0 Å². The van der Waals surface area contributed by atoms with E-state index >= 15 is 0 Å². The van der Waals surface area contributed by atoms with Gasteiger partial charge in [0.1, 0.15) is 11.8 Å². The van der Waals surface area contributed by atoms with Gasteiger partial charge in [-0.15, -0.1) is 0 Å². The Balaban J connectivity index is 1.64. The molecule has 1 saturated heterocycles. The van der Waals surface area contributed by atoms with Gasteiger partial charge in [-0.25, -0.2) is 9.91 Å². The Morgan fingerprint density at radius 1 is 0.946 bits per heavy atom. The minimum absolute atomic E-state index is 0.175. The molecule has 0 saturated carbocycles. The predicted octanol–water partition coefficient (Wildman–Crippen LogP) is 2.17. The molecule has 5 amide bonds. The summed E-state index contributed by atoms with van der Waals surface area (Å²) in [6, 6.07) is 13.9. The number of carbonyl (C=O) groups is 5. The largest absolute Gasteiger partial charge is 0.497 e. The number of aromatic nitrogens is 1. The lowest BCUT2D eigenvalue weighted by Crippen LogP contribution is -2.54. The highest BCUT2D eigenvalue weighted by molar-refractivity contribution is 6.23. The molecule has 3 aromatic rings. The lowest BCUT2D eigenvalue weighted by atomic mass is 10.1. The van der Waals surface area contributed by atoms with Gasteiger partial charge in [-0.1, -0.05) is 0 Å². The second-order valence-electron chi connectivity index (χ2n) is 8.10. The van der Waals surface area contributed by atoms with E-state index in [-0.39, 0.29) is 29.1 Å². The van der Waals surface area contributed by atoms with E-state index in [1.165, 1.54) is 62.8 Å². The van der Waals surface area contributed by atoms with Crippen molar-refractivity contribution in [1.29, 1.82) is 0 Å². The molecule has 1 aromatic heterocycles. The standard InChI is InChI=1S/C26H23N5O6/c1-16(32)28-19-5-7-20(8-6-19)30-23(33)15-22(26(30)36)31(29-24(34)17-11-13-27-14-12-17)25(35)18-3-9-21(37-2)10-4-18/h3-14,22H,15H2,1-2H3,(H,28,32)(H,29,34). The summed E-state index contributed by atoms with van der Waals surface area (Å²) >= 11 is 0. The van der Waals surface area contributed by atoms with Gasteiger partial charge in [-0.3, -0.25) is 34.4 Å². The van der Waals surface area contributed by atoms with Crippen molar-refractivity contribution in [3.05, 3.63) is 84.2 Å². The maximum atomic E-state index is 13.5. The molecule has 37 heavy (non-hydrogen) atoms. The molecule has 11 heteroatoms. The zero-order chi connectivity index (χ0) is 26.5. The number of carbonyl (C=O) groups excluding carboxylic acids is 5. The van der Waals surface area contributed by atoms with Crippen LogP contribution in [0.25, 0.3) is 0 Å². The number of methoxy groups -OCH3 is 1. The minimum Gasteiger partial charge on any atom is -0.497 e. The Morgan fingerprint density at radius 2 is 1.59 bits per heavy atom. The number of hydrogen-bond acceptors (Lipinski definition) is 7. The molecule has 4 rings (SSSR count). The Labute approximate surface area is 212 Å². The first-order valence-corrected chi connectivity index (χ1v) is 11.2. The number of hydrogen-bond donors (Lipinski definition) is 2. The number of hydrazine groups is 1. The van der Waals surface area contributed by atoms with Gasteiger partial charge in [0.25, 0.3) is 17.7 Å². The average Bonchev–Trinajstić information content (AvgIpc) is 3.20. The number of nitrogens with one attached hydrogen (secondary N) is 2. The van der Waals surface area contributed by atoms with Gasteiger partial charge in [0, 0.05) is 36.1 Å². The number of ether oxygens (including phenoxy) is 1. The highest BCUT2D eigenvalue weighted by Gasteiger charge is 2.45. The van der Waals surface area contributed by atoms with Crippen LogP contribution < -0.4 is 20.4 Å². The third-order valence-corrected chi connectivity index (χ3v) is 5.60. The first-order valence-electron chi connectivity index (χ1n) is 11.2. The molecule has 1 aliphatic heterocycles. The van der Waals surface area contributed by atoms with Crippen LogP contribution in [0.2, 0.25) is 0 Å². The van der Waals surface area contributed by atoms with Gasteiger partial charge in [0.15, 0.2) is 0 Å². The molecule has 1 aliphatic rings. The fourth-order valence-electron chi connectivity index (χ4n) is 3.81. The highest BCUT2D eigenvalue weighted by atomic mass is 16.5. The van der Waals surface area contributed by atoms with E-state index in [1.807, 2.05) is 0 Å². The first kappa shape index (κ1) is 25.0. The van der Waals surface area contributed by atoms with Crippen LogP contribution >= 0.6 is 0 Å². The molecule has 1 atom stereocenters. The Morgan fingerprint density at radius 3 is 2.19 bits per heavy atom. The zero-order valence-electron chi connectivity index (χ0n) is 20.0. The number of amides is 5. The van der Waals surface area contributed by atoms with Crippen molar-refractivity contribution in [3.63, 3.8) is 0 Å². The van der Waals surface area contributed by atoms with Gasteiger partial charge < -0.3 is 10.1 Å². The third kappa shape index (κ3) is 5.45. The van der Waals surface area contributed by atoms with E-state index < -0.39 is 29.7 Å². The predicted molar refractivity (Wildman–Crippen MR) is 133 cm³/mol. The van der Waals surface area contributed by atoms with Crippen LogP contribution in [0, 0.1) is 0 Å². The molecular formula is C26H23N5O6. The zero-order valence-corrected chi connectivity index (χ0v) is 20.0. The maximum absolute atomic E-state index is 13.5. The second kappa shape index (κ2) is 10.7. The molecule has 188 valence electrons. The molecule has 2 heterocycles. The molecule has 0 spiro atoms. The quantitative estimate of drug-likeness (QED) is 0.390. The summed E-state index contributed by atoms with van der Waals surface area (Å²) in [6.45, 7) is 1.36. The van der Waals surface area contributed by atoms with E-state index in [0.717, 1.165) is 9.91 Å². The monoisotopic (exact) mass is 501 g/mol. The molecule has 0 bridgehead atoms. The molecule has 0 radical (unpaired) electrons. The number of pyridine rings is 1. The number of anilines is 2. The Hall–Kier alpha value is -5.06. The van der Waals surface area contributed by atoms with Crippen molar-refractivity contribution in [3.8, 4) is 5.75 Å². The summed E-state index contributed by atoms with van der Waals surface area (Å²) in [7, 11) is 1.48. The van der Waals surface area contributed by atoms with Crippen LogP contribution in [0.15, 0.2) is 73.1 Å². The van der Waals surface area contributed by atoms with Gasteiger partial charge in [0.2, 0.25) is 11.8 Å². The summed E-state index contributed by atoms with van der Waals surface area (Å²) in [4.78, 5) is 68.8. The molecule has 2 aromatic carbocycles. The SMILES string of the molecule is COc1ccc(C(=O)N(NC(=O)c2ccncc2)C2CC(=O)N(c3ccc(NC(C)=O)cc3)C2=O)cc1. The fraction of sp³-hybridized carbons (Fsp3) is 0.154. The number of benzene rings is 2. The summed E-state index contributed by atoms with van der Waals surface area (Å²) in [5.74, 6) is -2.31.